The Kier molecular flexibility index (Phi) is 63.7. The zero-order chi connectivity index (χ0) is 43.2. The van der Waals surface area contributed by atoms with Crippen LogP contribution in [-0.2, 0) is 38.3 Å². The van der Waals surface area contributed by atoms with Crippen molar-refractivity contribution in [1.82, 2.24) is 0 Å². The lowest BCUT2D eigenvalue weighted by atomic mass is 10.0. The first-order chi connectivity index (χ1) is 27.2. The Balaban J connectivity index is -0.000000208. The first-order valence-corrected chi connectivity index (χ1v) is 19.6. The van der Waals surface area contributed by atoms with Crippen molar-refractivity contribution in [3.63, 3.8) is 0 Å². The van der Waals surface area contributed by atoms with Gasteiger partial charge in [0.05, 0.1) is 25.2 Å². The molecule has 314 valence electrons. The summed E-state index contributed by atoms with van der Waals surface area (Å²) in [4.78, 5) is 86.4. The van der Waals surface area contributed by atoms with E-state index in [0.717, 1.165) is 12.0 Å². The van der Waals surface area contributed by atoms with Crippen LogP contribution in [0.4, 0.5) is 0 Å². The maximum Gasteiger partial charge on any atom is 0.328 e. The van der Waals surface area contributed by atoms with Gasteiger partial charge >= 0.3 is 5.97 Å². The average Bonchev–Trinajstić information content (AvgIpc) is 3.20. The molecular weight excluding hydrogens is 716 g/mol. The molecule has 0 radical (unpaired) electrons. The first-order valence-electron chi connectivity index (χ1n) is 19.6. The molecule has 0 saturated heterocycles. The van der Waals surface area contributed by atoms with E-state index in [1.165, 1.54) is 128 Å². The quantitative estimate of drug-likeness (QED) is 0.0426. The zero-order valence-electron chi connectivity index (χ0n) is 35.1. The van der Waals surface area contributed by atoms with Crippen LogP contribution < -0.4 is 0 Å². The lowest BCUT2D eigenvalue weighted by molar-refractivity contribution is -0.141. The number of unbranched alkanes of at least 4 members (excludes halogenated alkanes) is 15. The van der Waals surface area contributed by atoms with E-state index in [-0.39, 0.29) is 18.6 Å². The van der Waals surface area contributed by atoms with E-state index in [0.29, 0.717) is 19.7 Å². The standard InChI is InChI=1S/C19H37NO.C9H9NO.C5H7NO3.C4H7NO.C3H5NO.C2H3NO/c1-2-3-4-5-6-7-8-9-10-11-12-13-14-15-16-17-18-20-19-21;1-8(10-7-11)9-5-3-2-4-6-9;1-2-9-5(8)3-6-4-7;1-4(2)5-3-6;1-2-4-3-5;1-3-2-4/h2-18H2,1H3;2-6,8H,1H3;2-3H2,1H3;4H,1-2H3;2H2,1H3;1H3. The zero-order valence-corrected chi connectivity index (χ0v) is 35.1. The Hall–Kier alpha value is -5.03. The fourth-order valence-electron chi connectivity index (χ4n) is 4.14. The number of rotatable bonds is 24. The number of aliphatic imine (C=N–C) groups is 6. The second kappa shape index (κ2) is 59.3. The van der Waals surface area contributed by atoms with Gasteiger partial charge in [-0.15, -0.1) is 0 Å². The fraction of sp³-hybridized carbons (Fsp3) is 0.690. The lowest BCUT2D eigenvalue weighted by Gasteiger charge is -2.03. The Morgan fingerprint density at radius 1 is 0.571 bits per heavy atom. The molecule has 1 unspecified atom stereocenters. The number of nitrogens with zero attached hydrogens (tertiary/aromatic N) is 6. The Morgan fingerprint density at radius 3 is 1.30 bits per heavy atom. The van der Waals surface area contributed by atoms with Crippen LogP contribution in [0.1, 0.15) is 156 Å². The van der Waals surface area contributed by atoms with Gasteiger partial charge in [0.2, 0.25) is 36.5 Å². The highest BCUT2D eigenvalue weighted by molar-refractivity contribution is 5.72. The number of esters is 1. The molecule has 1 rings (SSSR count). The highest BCUT2D eigenvalue weighted by Crippen LogP contribution is 2.15. The first kappa shape index (κ1) is 60.2. The SMILES string of the molecule is CC(C)N=C=O.CC(N=C=O)c1ccccc1.CCCCCCCCCCCCCCCCCCN=C=O.CCN=C=O.CCOC(=O)CN=C=O.CN=C=O. The van der Waals surface area contributed by atoms with E-state index in [1.807, 2.05) is 51.1 Å². The molecule has 0 fully saturated rings. The van der Waals surface area contributed by atoms with E-state index in [2.05, 4.69) is 41.6 Å². The van der Waals surface area contributed by atoms with E-state index in [1.54, 1.807) is 26.0 Å². The smallest absolute Gasteiger partial charge is 0.328 e. The van der Waals surface area contributed by atoms with Crippen LogP contribution >= 0.6 is 0 Å². The molecule has 0 aliphatic rings. The Morgan fingerprint density at radius 2 is 1.00 bits per heavy atom. The van der Waals surface area contributed by atoms with Crippen LogP contribution in [0.15, 0.2) is 60.3 Å². The van der Waals surface area contributed by atoms with E-state index < -0.39 is 5.97 Å². The topological polar surface area (TPSA) is 203 Å². The van der Waals surface area contributed by atoms with Crippen molar-refractivity contribution in [2.45, 2.75) is 156 Å². The number of isocyanates is 6. The molecule has 1 aromatic rings. The van der Waals surface area contributed by atoms with Crippen molar-refractivity contribution in [1.29, 1.82) is 0 Å². The van der Waals surface area contributed by atoms with Gasteiger partial charge < -0.3 is 4.74 Å². The van der Waals surface area contributed by atoms with Crippen LogP contribution in [0, 0.1) is 0 Å². The Bertz CT molecular complexity index is 1290. The van der Waals surface area contributed by atoms with Gasteiger partial charge in [0, 0.05) is 13.6 Å². The third kappa shape index (κ3) is 67.1. The second-order valence-electron chi connectivity index (χ2n) is 12.0. The summed E-state index contributed by atoms with van der Waals surface area (Å²) >= 11 is 0. The van der Waals surface area contributed by atoms with Gasteiger partial charge in [-0.2, -0.15) is 9.98 Å². The maximum atomic E-state index is 10.3. The molecule has 56 heavy (non-hydrogen) atoms. The van der Waals surface area contributed by atoms with Crippen LogP contribution in [-0.4, -0.2) is 81.8 Å². The van der Waals surface area contributed by atoms with Crippen molar-refractivity contribution in [2.24, 2.45) is 30.0 Å². The highest BCUT2D eigenvalue weighted by atomic mass is 16.5. The number of carbonyl (C=O) groups is 1. The maximum absolute atomic E-state index is 10.3. The van der Waals surface area contributed by atoms with Gasteiger partial charge in [-0.3, -0.25) is 4.79 Å². The van der Waals surface area contributed by atoms with Gasteiger partial charge in [-0.1, -0.05) is 134 Å². The van der Waals surface area contributed by atoms with Gasteiger partial charge in [0.25, 0.3) is 0 Å². The summed E-state index contributed by atoms with van der Waals surface area (Å²) in [5.41, 5.74) is 1.04. The predicted octanol–water partition coefficient (Wildman–Crippen LogP) is 9.58. The molecule has 0 saturated carbocycles. The number of hydrogen-bond acceptors (Lipinski definition) is 14. The van der Waals surface area contributed by atoms with Crippen LogP contribution in [0.2, 0.25) is 0 Å². The molecule has 14 nitrogen and oxygen atoms in total. The molecule has 0 aromatic heterocycles. The van der Waals surface area contributed by atoms with Crippen LogP contribution in [0.3, 0.4) is 0 Å². The molecule has 14 heteroatoms. The summed E-state index contributed by atoms with van der Waals surface area (Å²) in [5, 5.41) is 0. The molecular formula is C42H68N6O8. The lowest BCUT2D eigenvalue weighted by Crippen LogP contribution is -2.06. The third-order valence-corrected chi connectivity index (χ3v) is 6.92. The fourth-order valence-corrected chi connectivity index (χ4v) is 4.14. The van der Waals surface area contributed by atoms with Crippen molar-refractivity contribution in [3.05, 3.63) is 35.9 Å². The molecule has 0 N–H and O–H groups in total. The van der Waals surface area contributed by atoms with Crippen molar-refractivity contribution in [3.8, 4) is 0 Å². The summed E-state index contributed by atoms with van der Waals surface area (Å²) in [5.74, 6) is -0.499. The summed E-state index contributed by atoms with van der Waals surface area (Å²) in [6.45, 7) is 12.6. The molecule has 0 heterocycles. The average molecular weight is 785 g/mol. The minimum absolute atomic E-state index is 0.0753. The monoisotopic (exact) mass is 785 g/mol. The van der Waals surface area contributed by atoms with Gasteiger partial charge in [-0.05, 0) is 46.6 Å². The largest absolute Gasteiger partial charge is 0.465 e. The third-order valence-electron chi connectivity index (χ3n) is 6.92. The van der Waals surface area contributed by atoms with E-state index >= 15 is 0 Å². The predicted molar refractivity (Wildman–Crippen MR) is 221 cm³/mol. The van der Waals surface area contributed by atoms with Gasteiger partial charge in [0.1, 0.15) is 6.54 Å². The number of carbonyl (C=O) groups excluding carboxylic acids is 7. The van der Waals surface area contributed by atoms with Gasteiger partial charge in [0.15, 0.2) is 0 Å². The number of hydrogen-bond donors (Lipinski definition) is 0. The summed E-state index contributed by atoms with van der Waals surface area (Å²) in [6, 6.07) is 9.67. The van der Waals surface area contributed by atoms with Crippen molar-refractivity contribution < 1.29 is 38.3 Å². The Labute approximate surface area is 335 Å². The summed E-state index contributed by atoms with van der Waals surface area (Å²) < 4.78 is 4.43. The van der Waals surface area contributed by atoms with Crippen LogP contribution in [0.5, 0.6) is 0 Å². The minimum atomic E-state index is -0.499. The van der Waals surface area contributed by atoms with Crippen molar-refractivity contribution in [2.75, 3.05) is 33.3 Å². The molecule has 0 aliphatic carbocycles. The molecule has 0 aliphatic heterocycles. The summed E-state index contributed by atoms with van der Waals surface area (Å²) in [6.07, 6.45) is 30.5. The van der Waals surface area contributed by atoms with E-state index in [4.69, 9.17) is 9.59 Å². The number of benzene rings is 1. The molecule has 0 bridgehead atoms. The van der Waals surface area contributed by atoms with Gasteiger partial charge in [-0.25, -0.2) is 48.7 Å². The van der Waals surface area contributed by atoms with Crippen LogP contribution in [0.25, 0.3) is 0 Å². The summed E-state index contributed by atoms with van der Waals surface area (Å²) in [7, 11) is 1.38. The molecule has 0 amide bonds. The van der Waals surface area contributed by atoms with Crippen molar-refractivity contribution >= 4 is 42.4 Å². The normalized spacial score (nSPS) is 9.14. The second-order valence-corrected chi connectivity index (χ2v) is 12.0. The molecule has 1 aromatic carbocycles. The minimum Gasteiger partial charge on any atom is -0.465 e. The molecule has 1 atom stereocenters. The highest BCUT2D eigenvalue weighted by Gasteiger charge is 2.00. The molecule has 0 spiro atoms. The number of ether oxygens (including phenoxy) is 1. The van der Waals surface area contributed by atoms with E-state index in [9.17, 15) is 24.0 Å².